The van der Waals surface area contributed by atoms with Crippen molar-refractivity contribution < 1.29 is 17.6 Å². The quantitative estimate of drug-likeness (QED) is 0.743. The Labute approximate surface area is 96.0 Å². The van der Waals surface area contributed by atoms with Gasteiger partial charge in [-0.3, -0.25) is 0 Å². The lowest BCUT2D eigenvalue weighted by Crippen LogP contribution is -2.43. The van der Waals surface area contributed by atoms with Crippen molar-refractivity contribution in [1.82, 2.24) is 10.6 Å². The molecule has 1 aromatic rings. The van der Waals surface area contributed by atoms with Crippen LogP contribution in [-0.2, 0) is 6.18 Å². The summed E-state index contributed by atoms with van der Waals surface area (Å²) < 4.78 is 51.9. The Morgan fingerprint density at radius 1 is 1.18 bits per heavy atom. The number of benzene rings is 1. The molecule has 94 valence electrons. The molecule has 6 heteroatoms. The maximum atomic E-state index is 13.6. The molecule has 0 unspecified atom stereocenters. The number of alkyl halides is 3. The summed E-state index contributed by atoms with van der Waals surface area (Å²) in [7, 11) is 0. The molecule has 1 atom stereocenters. The maximum absolute atomic E-state index is 13.6. The van der Waals surface area contributed by atoms with Crippen LogP contribution >= 0.6 is 0 Å². The standard InChI is InChI=1S/C11H12F4N2/c12-8-3-1-2-7(11(13,14)15)10(8)9-6-16-4-5-17-9/h1-3,9,16-17H,4-6H2/t9-/m1/s1. The fraction of sp³-hybridized carbons (Fsp3) is 0.455. The van der Waals surface area contributed by atoms with E-state index in [1.807, 2.05) is 0 Å². The minimum Gasteiger partial charge on any atom is -0.314 e. The second-order valence-electron chi connectivity index (χ2n) is 3.91. The average Bonchev–Trinajstić information content (AvgIpc) is 2.28. The molecule has 0 aromatic heterocycles. The molecule has 0 spiro atoms. The van der Waals surface area contributed by atoms with E-state index < -0.39 is 23.6 Å². The zero-order valence-corrected chi connectivity index (χ0v) is 8.94. The first-order chi connectivity index (χ1) is 8.00. The van der Waals surface area contributed by atoms with Crippen LogP contribution in [0.4, 0.5) is 17.6 Å². The molecule has 0 saturated carbocycles. The van der Waals surface area contributed by atoms with Crippen molar-refractivity contribution in [3.63, 3.8) is 0 Å². The second-order valence-corrected chi connectivity index (χ2v) is 3.91. The van der Waals surface area contributed by atoms with Crippen molar-refractivity contribution in [2.75, 3.05) is 19.6 Å². The Kier molecular flexibility index (Phi) is 3.35. The van der Waals surface area contributed by atoms with Gasteiger partial charge in [0.05, 0.1) is 5.56 Å². The molecule has 0 bridgehead atoms. The van der Waals surface area contributed by atoms with Crippen LogP contribution in [0, 0.1) is 5.82 Å². The molecule has 1 heterocycles. The number of nitrogens with one attached hydrogen (secondary N) is 2. The minimum absolute atomic E-state index is 0.296. The number of piperazine rings is 1. The first kappa shape index (κ1) is 12.3. The van der Waals surface area contributed by atoms with E-state index in [-0.39, 0.29) is 5.56 Å². The fourth-order valence-electron chi connectivity index (χ4n) is 2.00. The molecule has 1 aliphatic rings. The maximum Gasteiger partial charge on any atom is 0.416 e. The van der Waals surface area contributed by atoms with Gasteiger partial charge in [0.1, 0.15) is 5.82 Å². The summed E-state index contributed by atoms with van der Waals surface area (Å²) in [6.07, 6.45) is -4.53. The van der Waals surface area contributed by atoms with Gasteiger partial charge in [0.2, 0.25) is 0 Å². The van der Waals surface area contributed by atoms with Crippen LogP contribution in [-0.4, -0.2) is 19.6 Å². The lowest BCUT2D eigenvalue weighted by molar-refractivity contribution is -0.138. The van der Waals surface area contributed by atoms with Crippen molar-refractivity contribution in [2.24, 2.45) is 0 Å². The van der Waals surface area contributed by atoms with Gasteiger partial charge >= 0.3 is 6.18 Å². The third-order valence-electron chi connectivity index (χ3n) is 2.75. The number of hydrogen-bond donors (Lipinski definition) is 2. The van der Waals surface area contributed by atoms with Gasteiger partial charge in [0.15, 0.2) is 0 Å². The largest absolute Gasteiger partial charge is 0.416 e. The van der Waals surface area contributed by atoms with E-state index >= 15 is 0 Å². The highest BCUT2D eigenvalue weighted by Gasteiger charge is 2.36. The van der Waals surface area contributed by atoms with Crippen LogP contribution in [0.25, 0.3) is 0 Å². The predicted molar refractivity (Wildman–Crippen MR) is 55.0 cm³/mol. The predicted octanol–water partition coefficient (Wildman–Crippen LogP) is 2.08. The Balaban J connectivity index is 2.43. The number of halogens is 4. The Hall–Kier alpha value is -1.14. The average molecular weight is 248 g/mol. The molecular formula is C11H12F4N2. The van der Waals surface area contributed by atoms with E-state index in [0.717, 1.165) is 18.2 Å². The number of rotatable bonds is 1. The summed E-state index contributed by atoms with van der Waals surface area (Å²) in [6, 6.07) is 2.41. The lowest BCUT2D eigenvalue weighted by Gasteiger charge is -2.27. The van der Waals surface area contributed by atoms with Gasteiger partial charge in [0.25, 0.3) is 0 Å². The van der Waals surface area contributed by atoms with Crippen molar-refractivity contribution in [2.45, 2.75) is 12.2 Å². The van der Waals surface area contributed by atoms with Gasteiger partial charge in [-0.25, -0.2) is 4.39 Å². The van der Waals surface area contributed by atoms with Crippen LogP contribution in [0.5, 0.6) is 0 Å². The Morgan fingerprint density at radius 3 is 2.53 bits per heavy atom. The molecule has 2 nitrogen and oxygen atoms in total. The molecule has 17 heavy (non-hydrogen) atoms. The van der Waals surface area contributed by atoms with Gasteiger partial charge in [-0.2, -0.15) is 13.2 Å². The summed E-state index contributed by atoms with van der Waals surface area (Å²) in [5.74, 6) is -0.818. The Bertz CT molecular complexity index is 397. The molecule has 0 aliphatic carbocycles. The van der Waals surface area contributed by atoms with Gasteiger partial charge in [-0.15, -0.1) is 0 Å². The summed E-state index contributed by atoms with van der Waals surface area (Å²) in [5, 5.41) is 5.83. The number of hydrogen-bond acceptors (Lipinski definition) is 2. The van der Waals surface area contributed by atoms with Crippen molar-refractivity contribution in [1.29, 1.82) is 0 Å². The molecule has 1 fully saturated rings. The van der Waals surface area contributed by atoms with E-state index in [4.69, 9.17) is 0 Å². The minimum atomic E-state index is -4.53. The van der Waals surface area contributed by atoms with Gasteiger partial charge < -0.3 is 10.6 Å². The zero-order valence-electron chi connectivity index (χ0n) is 8.94. The normalized spacial score (nSPS) is 21.5. The first-order valence-electron chi connectivity index (χ1n) is 5.30. The van der Waals surface area contributed by atoms with E-state index in [2.05, 4.69) is 10.6 Å². The highest BCUT2D eigenvalue weighted by molar-refractivity contribution is 5.34. The van der Waals surface area contributed by atoms with E-state index in [9.17, 15) is 17.6 Å². The van der Waals surface area contributed by atoms with Crippen LogP contribution in [0.1, 0.15) is 17.2 Å². The summed E-state index contributed by atoms with van der Waals surface area (Å²) in [5.41, 5.74) is -1.20. The second kappa shape index (κ2) is 4.62. The van der Waals surface area contributed by atoms with Gasteiger partial charge in [-0.1, -0.05) is 6.07 Å². The zero-order chi connectivity index (χ0) is 12.5. The molecule has 1 aliphatic heterocycles. The van der Waals surface area contributed by atoms with Gasteiger partial charge in [0, 0.05) is 31.2 Å². The summed E-state index contributed by atoms with van der Waals surface area (Å²) in [4.78, 5) is 0. The highest BCUT2D eigenvalue weighted by atomic mass is 19.4. The van der Waals surface area contributed by atoms with Crippen LogP contribution in [0.15, 0.2) is 18.2 Å². The van der Waals surface area contributed by atoms with E-state index in [1.54, 1.807) is 0 Å². The third-order valence-corrected chi connectivity index (χ3v) is 2.75. The van der Waals surface area contributed by atoms with Crippen molar-refractivity contribution in [3.05, 3.63) is 35.1 Å². The van der Waals surface area contributed by atoms with Crippen molar-refractivity contribution in [3.8, 4) is 0 Å². The van der Waals surface area contributed by atoms with Crippen molar-refractivity contribution >= 4 is 0 Å². The first-order valence-corrected chi connectivity index (χ1v) is 5.30. The summed E-state index contributed by atoms with van der Waals surface area (Å²) in [6.45, 7) is 1.49. The van der Waals surface area contributed by atoms with Crippen LogP contribution < -0.4 is 10.6 Å². The third kappa shape index (κ3) is 2.58. The van der Waals surface area contributed by atoms with Crippen LogP contribution in [0.3, 0.4) is 0 Å². The smallest absolute Gasteiger partial charge is 0.314 e. The molecule has 0 amide bonds. The SMILES string of the molecule is Fc1cccc(C(F)(F)F)c1[C@H]1CNCCN1. The highest BCUT2D eigenvalue weighted by Crippen LogP contribution is 2.35. The molecule has 2 rings (SSSR count). The summed E-state index contributed by atoms with van der Waals surface area (Å²) >= 11 is 0. The Morgan fingerprint density at radius 2 is 1.94 bits per heavy atom. The lowest BCUT2D eigenvalue weighted by atomic mass is 9.98. The molecule has 1 saturated heterocycles. The van der Waals surface area contributed by atoms with Crippen LogP contribution in [0.2, 0.25) is 0 Å². The molecule has 0 radical (unpaired) electrons. The monoisotopic (exact) mass is 248 g/mol. The van der Waals surface area contributed by atoms with E-state index in [1.165, 1.54) is 0 Å². The molecule has 2 N–H and O–H groups in total. The molecule has 1 aromatic carbocycles. The fourth-order valence-corrected chi connectivity index (χ4v) is 2.00. The molecular weight excluding hydrogens is 236 g/mol. The van der Waals surface area contributed by atoms with Gasteiger partial charge in [-0.05, 0) is 12.1 Å². The topological polar surface area (TPSA) is 24.1 Å². The van der Waals surface area contributed by atoms with E-state index in [0.29, 0.717) is 19.6 Å².